The van der Waals surface area contributed by atoms with E-state index in [9.17, 15) is 0 Å². The average molecular weight is 552 g/mol. The first-order chi connectivity index (χ1) is 13.9. The third kappa shape index (κ3) is 2.80. The average Bonchev–Trinajstić information content (AvgIpc) is 3.31. The molecule has 2 heterocycles. The van der Waals surface area contributed by atoms with E-state index < -0.39 is 0 Å². The Morgan fingerprint density at radius 2 is 1.55 bits per heavy atom. The minimum atomic E-state index is 0. The zero-order valence-corrected chi connectivity index (χ0v) is 17.7. The number of furan rings is 1. The van der Waals surface area contributed by atoms with E-state index in [1.807, 2.05) is 60.7 Å². The second kappa shape index (κ2) is 7.00. The molecule has 0 saturated heterocycles. The van der Waals surface area contributed by atoms with Crippen LogP contribution in [0.15, 0.2) is 95.4 Å². The van der Waals surface area contributed by atoms with E-state index in [-0.39, 0.29) is 20.1 Å². The molecular weight excluding hydrogens is 537 g/mol. The molecule has 2 aromatic heterocycles. The number of nitrogens with zero attached hydrogens (tertiary/aromatic N) is 2. The molecule has 1 radical (unpaired) electrons. The quantitative estimate of drug-likeness (QED) is 0.209. The molecule has 3 nitrogen and oxygen atoms in total. The summed E-state index contributed by atoms with van der Waals surface area (Å²) in [4.78, 5) is 0. The van der Waals surface area contributed by atoms with Gasteiger partial charge in [-0.15, -0.1) is 0 Å². The van der Waals surface area contributed by atoms with Crippen LogP contribution in [-0.2, 0) is 20.1 Å². The van der Waals surface area contributed by atoms with Crippen LogP contribution in [0.25, 0.3) is 44.3 Å². The smallest absolute Gasteiger partial charge is 0.268 e. The van der Waals surface area contributed by atoms with Gasteiger partial charge in [0.1, 0.15) is 11.2 Å². The van der Waals surface area contributed by atoms with Gasteiger partial charge in [0, 0.05) is 30.9 Å². The Labute approximate surface area is 181 Å². The summed E-state index contributed by atoms with van der Waals surface area (Å²) in [6.07, 6.45) is 3.50. The first kappa shape index (κ1) is 17.9. The summed E-state index contributed by atoms with van der Waals surface area (Å²) in [6, 6.07) is 34.0. The molecule has 0 N–H and O–H groups in total. The van der Waals surface area contributed by atoms with Crippen molar-refractivity contribution in [2.24, 2.45) is 0 Å². The van der Waals surface area contributed by atoms with Gasteiger partial charge >= 0.3 is 0 Å². The van der Waals surface area contributed by atoms with E-state index in [1.165, 1.54) is 0 Å². The topological polar surface area (TPSA) is 21.9 Å². The fourth-order valence-corrected chi connectivity index (χ4v) is 3.80. The fraction of sp³-hybridized carbons (Fsp3) is 0. The third-order valence-electron chi connectivity index (χ3n) is 5.10. The third-order valence-corrected chi connectivity index (χ3v) is 5.10. The molecular formula is C25H15IrN2O-. The molecule has 0 amide bonds. The van der Waals surface area contributed by atoms with E-state index >= 15 is 0 Å². The molecule has 0 fully saturated rings. The Kier molecular flexibility index (Phi) is 4.31. The molecule has 141 valence electrons. The molecule has 0 atom stereocenters. The van der Waals surface area contributed by atoms with Crippen molar-refractivity contribution in [1.82, 2.24) is 4.57 Å². The Morgan fingerprint density at radius 3 is 2.38 bits per heavy atom. The number of para-hydroxylation sites is 3. The molecule has 0 aliphatic heterocycles. The van der Waals surface area contributed by atoms with Crippen LogP contribution in [0.1, 0.15) is 0 Å². The van der Waals surface area contributed by atoms with Gasteiger partial charge in [-0.3, -0.25) is 4.57 Å². The van der Waals surface area contributed by atoms with Crippen molar-refractivity contribution in [3.63, 3.8) is 0 Å². The van der Waals surface area contributed by atoms with Crippen LogP contribution in [0.4, 0.5) is 0 Å². The van der Waals surface area contributed by atoms with E-state index in [2.05, 4.69) is 51.9 Å². The first-order valence-corrected chi connectivity index (χ1v) is 9.22. The Morgan fingerprint density at radius 1 is 0.759 bits per heavy atom. The van der Waals surface area contributed by atoms with Crippen LogP contribution in [0, 0.1) is 12.4 Å². The van der Waals surface area contributed by atoms with E-state index in [0.29, 0.717) is 0 Å². The van der Waals surface area contributed by atoms with Gasteiger partial charge in [0.2, 0.25) is 0 Å². The monoisotopic (exact) mass is 552 g/mol. The number of imidazole rings is 1. The van der Waals surface area contributed by atoms with Crippen molar-refractivity contribution < 1.29 is 29.1 Å². The number of rotatable bonds is 2. The van der Waals surface area contributed by atoms with Crippen molar-refractivity contribution >= 4 is 33.0 Å². The van der Waals surface area contributed by atoms with Crippen LogP contribution in [0.2, 0.25) is 0 Å². The van der Waals surface area contributed by atoms with E-state index in [4.69, 9.17) is 4.42 Å². The summed E-state index contributed by atoms with van der Waals surface area (Å²) in [7, 11) is 0. The van der Waals surface area contributed by atoms with Crippen molar-refractivity contribution in [2.45, 2.75) is 0 Å². The summed E-state index contributed by atoms with van der Waals surface area (Å²) in [5, 5.41) is 2.22. The minimum Gasteiger partial charge on any atom is -0.457 e. The maximum atomic E-state index is 6.12. The zero-order valence-electron chi connectivity index (χ0n) is 15.3. The van der Waals surface area contributed by atoms with E-state index in [0.717, 1.165) is 44.3 Å². The SMILES string of the molecule is [Ir].[c-]1ccccc1-n1[c-][n+](-c2ccccc2)c2cc3oc4ccccc4c3cc21. The molecule has 6 aromatic rings. The molecule has 4 heteroatoms. The summed E-state index contributed by atoms with van der Waals surface area (Å²) in [5.41, 5.74) is 5.88. The van der Waals surface area contributed by atoms with Gasteiger partial charge in [0.15, 0.2) is 0 Å². The minimum absolute atomic E-state index is 0. The predicted molar refractivity (Wildman–Crippen MR) is 110 cm³/mol. The Bertz CT molecular complexity index is 1450. The van der Waals surface area contributed by atoms with Crippen LogP contribution >= 0.6 is 0 Å². The molecule has 0 saturated carbocycles. The Hall–Kier alpha value is -3.20. The van der Waals surface area contributed by atoms with Crippen molar-refractivity contribution in [1.29, 1.82) is 0 Å². The standard InChI is InChI=1S/C25H15N2O.Ir/c1-3-9-18(10-4-1)26-17-27(19-11-5-2-6-12-19)23-16-25-21(15-22(23)26)20-13-7-8-14-24(20)28-25;/h1-9,11-16H;/q-1;. The number of hydrogen-bond acceptors (Lipinski definition) is 1. The second-order valence-corrected chi connectivity index (χ2v) is 6.79. The second-order valence-electron chi connectivity index (χ2n) is 6.79. The number of fused-ring (bicyclic) bond motifs is 4. The summed E-state index contributed by atoms with van der Waals surface area (Å²) >= 11 is 0. The Balaban J connectivity index is 0.00000181. The fourth-order valence-electron chi connectivity index (χ4n) is 3.80. The number of aromatic nitrogens is 2. The normalized spacial score (nSPS) is 11.2. The molecule has 0 aliphatic carbocycles. The van der Waals surface area contributed by atoms with Crippen LogP contribution in [0.3, 0.4) is 0 Å². The van der Waals surface area contributed by atoms with Gasteiger partial charge in [-0.05, 0) is 36.0 Å². The molecule has 0 aliphatic rings. The van der Waals surface area contributed by atoms with Gasteiger partial charge in [-0.25, -0.2) is 0 Å². The van der Waals surface area contributed by atoms with Gasteiger partial charge in [0.05, 0.1) is 16.7 Å². The van der Waals surface area contributed by atoms with Crippen molar-refractivity contribution in [2.75, 3.05) is 0 Å². The largest absolute Gasteiger partial charge is 0.457 e. The molecule has 0 bridgehead atoms. The molecule has 0 spiro atoms. The van der Waals surface area contributed by atoms with Crippen molar-refractivity contribution in [3.8, 4) is 11.4 Å². The summed E-state index contributed by atoms with van der Waals surface area (Å²) < 4.78 is 10.3. The van der Waals surface area contributed by atoms with Gasteiger partial charge in [-0.1, -0.05) is 36.4 Å². The summed E-state index contributed by atoms with van der Waals surface area (Å²) in [6.45, 7) is 0. The predicted octanol–water partition coefficient (Wildman–Crippen LogP) is 5.40. The van der Waals surface area contributed by atoms with Gasteiger partial charge in [-0.2, -0.15) is 30.3 Å². The maximum absolute atomic E-state index is 6.12. The van der Waals surface area contributed by atoms with Crippen LogP contribution < -0.4 is 4.57 Å². The molecule has 4 aromatic carbocycles. The molecule has 0 unspecified atom stereocenters. The van der Waals surface area contributed by atoms with Crippen LogP contribution in [-0.4, -0.2) is 4.57 Å². The zero-order chi connectivity index (χ0) is 18.5. The van der Waals surface area contributed by atoms with Gasteiger partial charge in [0.25, 0.3) is 6.33 Å². The number of benzene rings is 4. The molecule has 6 rings (SSSR count). The van der Waals surface area contributed by atoms with Crippen molar-refractivity contribution in [3.05, 3.63) is 103 Å². The number of hydrogen-bond donors (Lipinski definition) is 0. The van der Waals surface area contributed by atoms with Gasteiger partial charge < -0.3 is 8.98 Å². The maximum Gasteiger partial charge on any atom is 0.268 e. The van der Waals surface area contributed by atoms with Crippen LogP contribution in [0.5, 0.6) is 0 Å². The first-order valence-electron chi connectivity index (χ1n) is 9.22. The molecule has 29 heavy (non-hydrogen) atoms. The summed E-state index contributed by atoms with van der Waals surface area (Å²) in [5.74, 6) is 0. The van der Waals surface area contributed by atoms with E-state index in [1.54, 1.807) is 0 Å².